The first-order valence-corrected chi connectivity index (χ1v) is 5.33. The summed E-state index contributed by atoms with van der Waals surface area (Å²) in [5.41, 5.74) is 0.704. The lowest BCUT2D eigenvalue weighted by molar-refractivity contribution is -0.402. The van der Waals surface area contributed by atoms with Gasteiger partial charge in [-0.25, -0.2) is 4.39 Å². The molecule has 2 aromatic rings. The Balaban J connectivity index is 1.97. The molecule has 1 amide bonds. The maximum absolute atomic E-state index is 12.7. The van der Waals surface area contributed by atoms with Crippen molar-refractivity contribution in [2.24, 2.45) is 0 Å². The monoisotopic (exact) mass is 264 g/mol. The van der Waals surface area contributed by atoms with Crippen LogP contribution in [-0.4, -0.2) is 10.8 Å². The van der Waals surface area contributed by atoms with E-state index in [0.717, 1.165) is 6.07 Å². The van der Waals surface area contributed by atoms with E-state index in [4.69, 9.17) is 4.42 Å². The number of nitrogens with zero attached hydrogens (tertiary/aromatic N) is 1. The van der Waals surface area contributed by atoms with E-state index in [2.05, 4.69) is 5.32 Å². The largest absolute Gasteiger partial charge is 0.433 e. The molecule has 0 fully saturated rings. The highest BCUT2D eigenvalue weighted by atomic mass is 19.1. The molecule has 1 heterocycles. The Morgan fingerprint density at radius 3 is 2.53 bits per heavy atom. The molecule has 19 heavy (non-hydrogen) atoms. The van der Waals surface area contributed by atoms with E-state index < -0.39 is 16.7 Å². The first kappa shape index (κ1) is 12.7. The number of hydrogen-bond acceptors (Lipinski definition) is 4. The Labute approximate surface area is 107 Å². The van der Waals surface area contributed by atoms with Crippen molar-refractivity contribution in [1.29, 1.82) is 0 Å². The highest BCUT2D eigenvalue weighted by molar-refractivity contribution is 5.91. The van der Waals surface area contributed by atoms with Crippen LogP contribution in [0.4, 0.5) is 10.3 Å². The highest BCUT2D eigenvalue weighted by Crippen LogP contribution is 2.15. The molecule has 0 radical (unpaired) electrons. The molecule has 0 aliphatic rings. The van der Waals surface area contributed by atoms with Gasteiger partial charge in [0, 0.05) is 6.54 Å². The quantitative estimate of drug-likeness (QED) is 0.678. The molecule has 0 saturated carbocycles. The number of furan rings is 1. The van der Waals surface area contributed by atoms with Crippen molar-refractivity contribution < 1.29 is 18.5 Å². The Morgan fingerprint density at radius 2 is 1.95 bits per heavy atom. The standard InChI is InChI=1S/C12H9FN2O4/c13-9-3-1-8(2-4-9)7-14-12(16)10-5-6-11(19-10)15(17)18/h1-6H,7H2,(H,14,16). The van der Waals surface area contributed by atoms with Gasteiger partial charge in [-0.15, -0.1) is 0 Å². The summed E-state index contributed by atoms with van der Waals surface area (Å²) in [4.78, 5) is 21.3. The third-order valence-corrected chi connectivity index (χ3v) is 2.36. The van der Waals surface area contributed by atoms with E-state index in [0.29, 0.717) is 5.56 Å². The smallest absolute Gasteiger partial charge is 0.395 e. The predicted molar refractivity (Wildman–Crippen MR) is 62.9 cm³/mol. The average Bonchev–Trinajstić information content (AvgIpc) is 2.87. The predicted octanol–water partition coefficient (Wildman–Crippen LogP) is 2.26. The molecule has 0 aliphatic heterocycles. The van der Waals surface area contributed by atoms with E-state index in [1.165, 1.54) is 30.3 Å². The normalized spacial score (nSPS) is 10.2. The van der Waals surface area contributed by atoms with Gasteiger partial charge >= 0.3 is 5.88 Å². The van der Waals surface area contributed by atoms with Gasteiger partial charge in [0.1, 0.15) is 10.7 Å². The first-order valence-electron chi connectivity index (χ1n) is 5.33. The summed E-state index contributed by atoms with van der Waals surface area (Å²) in [5.74, 6) is -1.57. The lowest BCUT2D eigenvalue weighted by Gasteiger charge is -2.02. The molecule has 1 N–H and O–H groups in total. The Morgan fingerprint density at radius 1 is 1.26 bits per heavy atom. The molecule has 0 saturated heterocycles. The Kier molecular flexibility index (Phi) is 3.56. The van der Waals surface area contributed by atoms with Crippen LogP contribution in [0.1, 0.15) is 16.1 Å². The second-order valence-electron chi connectivity index (χ2n) is 3.70. The molecule has 1 aromatic heterocycles. The Hall–Kier alpha value is -2.70. The third kappa shape index (κ3) is 3.15. The molecule has 0 bridgehead atoms. The molecule has 0 aliphatic carbocycles. The van der Waals surface area contributed by atoms with Crippen LogP contribution in [0.2, 0.25) is 0 Å². The first-order chi connectivity index (χ1) is 9.06. The summed E-state index contributed by atoms with van der Waals surface area (Å²) in [6.07, 6.45) is 0. The van der Waals surface area contributed by atoms with Crippen LogP contribution in [0, 0.1) is 15.9 Å². The molecule has 0 atom stereocenters. The summed E-state index contributed by atoms with van der Waals surface area (Å²) >= 11 is 0. The van der Waals surface area contributed by atoms with Gasteiger partial charge in [0.25, 0.3) is 5.91 Å². The van der Waals surface area contributed by atoms with E-state index in [9.17, 15) is 19.3 Å². The lowest BCUT2D eigenvalue weighted by Crippen LogP contribution is -2.22. The number of rotatable bonds is 4. The minimum atomic E-state index is -0.725. The molecule has 6 nitrogen and oxygen atoms in total. The zero-order valence-electron chi connectivity index (χ0n) is 9.63. The second-order valence-corrected chi connectivity index (χ2v) is 3.70. The maximum atomic E-state index is 12.7. The fourth-order valence-electron chi connectivity index (χ4n) is 1.42. The number of halogens is 1. The fourth-order valence-corrected chi connectivity index (χ4v) is 1.42. The van der Waals surface area contributed by atoms with Crippen molar-refractivity contribution in [2.75, 3.05) is 0 Å². The second kappa shape index (κ2) is 5.30. The summed E-state index contributed by atoms with van der Waals surface area (Å²) < 4.78 is 17.4. The molecule has 1 aromatic carbocycles. The van der Waals surface area contributed by atoms with Crippen molar-refractivity contribution in [3.63, 3.8) is 0 Å². The summed E-state index contributed by atoms with van der Waals surface area (Å²) in [6.45, 7) is 0.174. The van der Waals surface area contributed by atoms with Gasteiger partial charge in [-0.05, 0) is 23.8 Å². The van der Waals surface area contributed by atoms with E-state index in [-0.39, 0.29) is 18.1 Å². The summed E-state index contributed by atoms with van der Waals surface area (Å²) in [6, 6.07) is 7.93. The van der Waals surface area contributed by atoms with Crippen LogP contribution in [-0.2, 0) is 6.54 Å². The minimum absolute atomic E-state index is 0.145. The topological polar surface area (TPSA) is 85.4 Å². The van der Waals surface area contributed by atoms with Gasteiger partial charge in [0.15, 0.2) is 5.76 Å². The van der Waals surface area contributed by atoms with Gasteiger partial charge in [0.05, 0.1) is 6.07 Å². The van der Waals surface area contributed by atoms with Crippen molar-refractivity contribution in [3.8, 4) is 0 Å². The molecule has 0 unspecified atom stereocenters. The van der Waals surface area contributed by atoms with Crippen LogP contribution in [0.5, 0.6) is 0 Å². The van der Waals surface area contributed by atoms with E-state index in [1.54, 1.807) is 0 Å². The number of nitro groups is 1. The Bertz CT molecular complexity index is 606. The third-order valence-electron chi connectivity index (χ3n) is 2.36. The van der Waals surface area contributed by atoms with Gasteiger partial charge in [-0.1, -0.05) is 12.1 Å². The number of benzene rings is 1. The molecular formula is C12H9FN2O4. The number of nitrogens with one attached hydrogen (secondary N) is 1. The fraction of sp³-hybridized carbons (Fsp3) is 0.0833. The molecule has 7 heteroatoms. The van der Waals surface area contributed by atoms with Crippen LogP contribution < -0.4 is 5.32 Å². The van der Waals surface area contributed by atoms with Gasteiger partial charge in [-0.2, -0.15) is 0 Å². The van der Waals surface area contributed by atoms with E-state index in [1.807, 2.05) is 0 Å². The zero-order valence-corrected chi connectivity index (χ0v) is 9.63. The number of hydrogen-bond donors (Lipinski definition) is 1. The van der Waals surface area contributed by atoms with Gasteiger partial charge in [-0.3, -0.25) is 14.9 Å². The number of amides is 1. The van der Waals surface area contributed by atoms with Gasteiger partial charge in [0.2, 0.25) is 0 Å². The number of carbonyl (C=O) groups is 1. The summed E-state index contributed by atoms with van der Waals surface area (Å²) in [5, 5.41) is 12.9. The van der Waals surface area contributed by atoms with Crippen LogP contribution in [0.25, 0.3) is 0 Å². The number of carbonyl (C=O) groups excluding carboxylic acids is 1. The van der Waals surface area contributed by atoms with Crippen LogP contribution in [0.15, 0.2) is 40.8 Å². The lowest BCUT2D eigenvalue weighted by atomic mass is 10.2. The summed E-state index contributed by atoms with van der Waals surface area (Å²) in [7, 11) is 0. The van der Waals surface area contributed by atoms with E-state index >= 15 is 0 Å². The van der Waals surface area contributed by atoms with Crippen molar-refractivity contribution >= 4 is 11.8 Å². The van der Waals surface area contributed by atoms with Crippen LogP contribution >= 0.6 is 0 Å². The maximum Gasteiger partial charge on any atom is 0.433 e. The molecule has 0 spiro atoms. The highest BCUT2D eigenvalue weighted by Gasteiger charge is 2.16. The average molecular weight is 264 g/mol. The molecule has 98 valence electrons. The molecule has 2 rings (SSSR count). The van der Waals surface area contributed by atoms with Crippen molar-refractivity contribution in [2.45, 2.75) is 6.54 Å². The van der Waals surface area contributed by atoms with Crippen molar-refractivity contribution in [3.05, 3.63) is 63.7 Å². The van der Waals surface area contributed by atoms with Gasteiger partial charge < -0.3 is 9.73 Å². The minimum Gasteiger partial charge on any atom is -0.395 e. The van der Waals surface area contributed by atoms with Crippen molar-refractivity contribution in [1.82, 2.24) is 5.32 Å². The zero-order chi connectivity index (χ0) is 13.8. The SMILES string of the molecule is O=C(NCc1ccc(F)cc1)c1ccc([N+](=O)[O-])o1. The molecular weight excluding hydrogens is 255 g/mol. The van der Waals surface area contributed by atoms with Crippen LogP contribution in [0.3, 0.4) is 0 Å².